The summed E-state index contributed by atoms with van der Waals surface area (Å²) in [6, 6.07) is 0.242. The van der Waals surface area contributed by atoms with Crippen LogP contribution in [0.2, 0.25) is 0 Å². The van der Waals surface area contributed by atoms with Crippen molar-refractivity contribution >= 4 is 5.97 Å². The average molecular weight is 217 g/mol. The molecule has 0 saturated carbocycles. The van der Waals surface area contributed by atoms with Crippen LogP contribution in [-0.4, -0.2) is 47.8 Å². The fourth-order valence-corrected chi connectivity index (χ4v) is 1.58. The number of nitrogens with zero attached hydrogens (tertiary/aromatic N) is 1. The largest absolute Gasteiger partial charge is 0.480 e. The first-order valence-corrected chi connectivity index (χ1v) is 5.37. The van der Waals surface area contributed by atoms with Gasteiger partial charge in [0.05, 0.1) is 6.61 Å². The standard InChI is InChI=1S/C11H23NO3/c1-6-9(2)12(7-8-15-5)11(3,4)10(13)14/h9H,6-8H2,1-5H3,(H,13,14). The second-order valence-corrected chi connectivity index (χ2v) is 4.31. The maximum absolute atomic E-state index is 11.2. The van der Waals surface area contributed by atoms with Crippen LogP contribution in [0.1, 0.15) is 34.1 Å². The van der Waals surface area contributed by atoms with Gasteiger partial charge >= 0.3 is 5.97 Å². The van der Waals surface area contributed by atoms with Gasteiger partial charge in [-0.3, -0.25) is 9.69 Å². The first kappa shape index (κ1) is 14.4. The van der Waals surface area contributed by atoms with Crippen LogP contribution in [0.5, 0.6) is 0 Å². The fraction of sp³-hybridized carbons (Fsp3) is 0.909. The summed E-state index contributed by atoms with van der Waals surface area (Å²) in [7, 11) is 1.63. The minimum atomic E-state index is -0.839. The second-order valence-electron chi connectivity index (χ2n) is 4.31. The van der Waals surface area contributed by atoms with Crippen LogP contribution in [-0.2, 0) is 9.53 Å². The molecule has 0 aromatic heterocycles. The Hall–Kier alpha value is -0.610. The zero-order valence-electron chi connectivity index (χ0n) is 10.4. The lowest BCUT2D eigenvalue weighted by atomic mass is 10.00. The lowest BCUT2D eigenvalue weighted by molar-refractivity contribution is -0.151. The Labute approximate surface area is 92.2 Å². The molecule has 4 nitrogen and oxygen atoms in total. The predicted molar refractivity (Wildman–Crippen MR) is 60.0 cm³/mol. The van der Waals surface area contributed by atoms with Gasteiger partial charge in [0, 0.05) is 19.7 Å². The van der Waals surface area contributed by atoms with Crippen LogP contribution in [0.15, 0.2) is 0 Å². The highest BCUT2D eigenvalue weighted by Crippen LogP contribution is 2.19. The van der Waals surface area contributed by atoms with E-state index < -0.39 is 11.5 Å². The molecule has 0 aromatic rings. The zero-order valence-corrected chi connectivity index (χ0v) is 10.4. The molecule has 0 saturated heterocycles. The summed E-state index contributed by atoms with van der Waals surface area (Å²) in [4.78, 5) is 13.1. The summed E-state index contributed by atoms with van der Waals surface area (Å²) in [6.07, 6.45) is 0.931. The molecule has 4 heteroatoms. The number of rotatable bonds is 7. The summed E-state index contributed by atoms with van der Waals surface area (Å²) in [5.74, 6) is -0.793. The molecule has 0 aliphatic rings. The molecule has 0 aliphatic carbocycles. The number of aliphatic carboxylic acids is 1. The van der Waals surface area contributed by atoms with E-state index in [9.17, 15) is 9.90 Å². The topological polar surface area (TPSA) is 49.8 Å². The van der Waals surface area contributed by atoms with E-state index in [1.54, 1.807) is 21.0 Å². The van der Waals surface area contributed by atoms with Gasteiger partial charge in [-0.05, 0) is 27.2 Å². The SMILES string of the molecule is CCC(C)N(CCOC)C(C)(C)C(=O)O. The van der Waals surface area contributed by atoms with E-state index in [-0.39, 0.29) is 6.04 Å². The first-order valence-electron chi connectivity index (χ1n) is 5.37. The molecule has 0 amide bonds. The average Bonchev–Trinajstić information content (AvgIpc) is 2.17. The van der Waals surface area contributed by atoms with Crippen molar-refractivity contribution in [3.63, 3.8) is 0 Å². The molecular weight excluding hydrogens is 194 g/mol. The molecule has 0 heterocycles. The van der Waals surface area contributed by atoms with Crippen molar-refractivity contribution in [3.05, 3.63) is 0 Å². The molecule has 0 aliphatic heterocycles. The predicted octanol–water partition coefficient (Wildman–Crippen LogP) is 1.60. The van der Waals surface area contributed by atoms with Gasteiger partial charge in [0.1, 0.15) is 5.54 Å². The molecule has 0 fully saturated rings. The molecular formula is C11H23NO3. The van der Waals surface area contributed by atoms with Gasteiger partial charge in [0.2, 0.25) is 0 Å². The number of methoxy groups -OCH3 is 1. The van der Waals surface area contributed by atoms with Crippen LogP contribution in [0.3, 0.4) is 0 Å². The van der Waals surface area contributed by atoms with Crippen LogP contribution >= 0.6 is 0 Å². The molecule has 1 N–H and O–H groups in total. The fourth-order valence-electron chi connectivity index (χ4n) is 1.58. The quantitative estimate of drug-likeness (QED) is 0.703. The second kappa shape index (κ2) is 6.08. The van der Waals surface area contributed by atoms with Gasteiger partial charge < -0.3 is 9.84 Å². The molecule has 0 spiro atoms. The normalized spacial score (nSPS) is 14.3. The Morgan fingerprint density at radius 3 is 2.40 bits per heavy atom. The Morgan fingerprint density at radius 2 is 2.07 bits per heavy atom. The monoisotopic (exact) mass is 217 g/mol. The Bertz CT molecular complexity index is 204. The van der Waals surface area contributed by atoms with Crippen molar-refractivity contribution in [3.8, 4) is 0 Å². The summed E-state index contributed by atoms with van der Waals surface area (Å²) >= 11 is 0. The van der Waals surface area contributed by atoms with Crippen LogP contribution < -0.4 is 0 Å². The molecule has 0 aromatic carbocycles. The van der Waals surface area contributed by atoms with Gasteiger partial charge in [0.15, 0.2) is 0 Å². The summed E-state index contributed by atoms with van der Waals surface area (Å²) in [5, 5.41) is 9.17. The highest BCUT2D eigenvalue weighted by Gasteiger charge is 2.36. The Kier molecular flexibility index (Phi) is 5.83. The van der Waals surface area contributed by atoms with E-state index in [1.807, 2.05) is 11.8 Å². The number of hydrogen-bond acceptors (Lipinski definition) is 3. The molecule has 0 rings (SSSR count). The minimum absolute atomic E-state index is 0.242. The number of ether oxygens (including phenoxy) is 1. The van der Waals surface area contributed by atoms with Crippen LogP contribution in [0.25, 0.3) is 0 Å². The van der Waals surface area contributed by atoms with Crippen LogP contribution in [0.4, 0.5) is 0 Å². The van der Waals surface area contributed by atoms with Gasteiger partial charge in [-0.25, -0.2) is 0 Å². The highest BCUT2D eigenvalue weighted by molar-refractivity contribution is 5.77. The minimum Gasteiger partial charge on any atom is -0.480 e. The smallest absolute Gasteiger partial charge is 0.323 e. The van der Waals surface area contributed by atoms with E-state index in [0.29, 0.717) is 13.2 Å². The Morgan fingerprint density at radius 1 is 1.53 bits per heavy atom. The number of carboxylic acids is 1. The molecule has 90 valence electrons. The van der Waals surface area contributed by atoms with Crippen molar-refractivity contribution in [2.24, 2.45) is 0 Å². The highest BCUT2D eigenvalue weighted by atomic mass is 16.5. The molecule has 15 heavy (non-hydrogen) atoms. The summed E-state index contributed by atoms with van der Waals surface area (Å²) in [6.45, 7) is 8.77. The lowest BCUT2D eigenvalue weighted by Gasteiger charge is -2.39. The maximum atomic E-state index is 11.2. The van der Waals surface area contributed by atoms with Crippen LogP contribution in [0, 0.1) is 0 Å². The van der Waals surface area contributed by atoms with E-state index in [1.165, 1.54) is 0 Å². The lowest BCUT2D eigenvalue weighted by Crippen LogP contribution is -2.54. The summed E-state index contributed by atoms with van der Waals surface area (Å²) in [5.41, 5.74) is -0.839. The van der Waals surface area contributed by atoms with Crippen molar-refractivity contribution in [1.82, 2.24) is 4.90 Å². The Balaban J connectivity index is 4.67. The number of carboxylic acid groups (broad SMARTS) is 1. The maximum Gasteiger partial charge on any atom is 0.323 e. The molecule has 0 radical (unpaired) electrons. The van der Waals surface area contributed by atoms with E-state index in [4.69, 9.17) is 4.74 Å². The van der Waals surface area contributed by atoms with Gasteiger partial charge in [-0.1, -0.05) is 6.92 Å². The van der Waals surface area contributed by atoms with E-state index in [2.05, 4.69) is 6.92 Å². The van der Waals surface area contributed by atoms with Crippen molar-refractivity contribution < 1.29 is 14.6 Å². The van der Waals surface area contributed by atoms with Crippen molar-refractivity contribution in [2.45, 2.75) is 45.7 Å². The van der Waals surface area contributed by atoms with Crippen molar-refractivity contribution in [1.29, 1.82) is 0 Å². The van der Waals surface area contributed by atoms with Gasteiger partial charge in [-0.2, -0.15) is 0 Å². The van der Waals surface area contributed by atoms with Gasteiger partial charge in [-0.15, -0.1) is 0 Å². The van der Waals surface area contributed by atoms with E-state index in [0.717, 1.165) is 6.42 Å². The third-order valence-corrected chi connectivity index (χ3v) is 2.90. The first-order chi connectivity index (χ1) is 6.87. The van der Waals surface area contributed by atoms with E-state index >= 15 is 0 Å². The molecule has 1 unspecified atom stereocenters. The molecule has 0 bridgehead atoms. The molecule has 1 atom stereocenters. The van der Waals surface area contributed by atoms with Crippen molar-refractivity contribution in [2.75, 3.05) is 20.3 Å². The third kappa shape index (κ3) is 3.80. The number of hydrogen-bond donors (Lipinski definition) is 1. The third-order valence-electron chi connectivity index (χ3n) is 2.90. The number of carbonyl (C=O) groups is 1. The summed E-state index contributed by atoms with van der Waals surface area (Å²) < 4.78 is 5.01. The zero-order chi connectivity index (χ0) is 12.1. The van der Waals surface area contributed by atoms with Gasteiger partial charge in [0.25, 0.3) is 0 Å².